The summed E-state index contributed by atoms with van der Waals surface area (Å²) in [6, 6.07) is 15.4. The number of benzene rings is 2. The Balaban J connectivity index is 1.72. The molecule has 1 saturated heterocycles. The van der Waals surface area contributed by atoms with Crippen LogP contribution in [0.1, 0.15) is 25.3 Å². The van der Waals surface area contributed by atoms with Crippen molar-refractivity contribution in [1.29, 1.82) is 0 Å². The van der Waals surface area contributed by atoms with Gasteiger partial charge in [-0.15, -0.1) is 0 Å². The highest BCUT2D eigenvalue weighted by Crippen LogP contribution is 2.27. The maximum absolute atomic E-state index is 3.74. The van der Waals surface area contributed by atoms with Crippen molar-refractivity contribution >= 4 is 26.7 Å². The van der Waals surface area contributed by atoms with E-state index in [4.69, 9.17) is 0 Å². The van der Waals surface area contributed by atoms with Crippen molar-refractivity contribution in [3.63, 3.8) is 0 Å². The average molecular weight is 332 g/mol. The van der Waals surface area contributed by atoms with Crippen molar-refractivity contribution in [2.24, 2.45) is 5.92 Å². The number of piperidine rings is 1. The highest BCUT2D eigenvalue weighted by Gasteiger charge is 2.22. The number of nitrogens with zero attached hydrogens (tertiary/aromatic N) is 1. The van der Waals surface area contributed by atoms with Gasteiger partial charge in [-0.05, 0) is 48.2 Å². The largest absolute Gasteiger partial charge is 0.299 e. The Morgan fingerprint density at radius 1 is 1.10 bits per heavy atom. The molecule has 3 rings (SSSR count). The molecule has 106 valence electrons. The van der Waals surface area contributed by atoms with Crippen LogP contribution in [0.5, 0.6) is 0 Å². The highest BCUT2D eigenvalue weighted by molar-refractivity contribution is 9.09. The first kappa shape index (κ1) is 14.1. The van der Waals surface area contributed by atoms with Crippen LogP contribution in [0.25, 0.3) is 10.8 Å². The van der Waals surface area contributed by atoms with Crippen molar-refractivity contribution in [3.8, 4) is 0 Å². The molecule has 1 fully saturated rings. The van der Waals surface area contributed by atoms with Gasteiger partial charge in [0, 0.05) is 11.4 Å². The topological polar surface area (TPSA) is 3.24 Å². The van der Waals surface area contributed by atoms with Gasteiger partial charge in [0.15, 0.2) is 0 Å². The second-order valence-corrected chi connectivity index (χ2v) is 7.37. The molecule has 2 aromatic carbocycles. The van der Waals surface area contributed by atoms with E-state index in [9.17, 15) is 0 Å². The number of fused-ring (bicyclic) bond motifs is 1. The van der Waals surface area contributed by atoms with Gasteiger partial charge in [0.05, 0.1) is 0 Å². The third-order valence-electron chi connectivity index (χ3n) is 4.56. The third-order valence-corrected chi connectivity index (χ3v) is 5.30. The number of halogens is 1. The summed E-state index contributed by atoms with van der Waals surface area (Å²) < 4.78 is 0. The Hall–Kier alpha value is -0.860. The Morgan fingerprint density at radius 3 is 2.55 bits per heavy atom. The summed E-state index contributed by atoms with van der Waals surface area (Å²) in [5, 5.41) is 2.76. The minimum Gasteiger partial charge on any atom is -0.299 e. The van der Waals surface area contributed by atoms with Gasteiger partial charge in [-0.2, -0.15) is 0 Å². The lowest BCUT2D eigenvalue weighted by molar-refractivity contribution is 0.179. The van der Waals surface area contributed by atoms with Gasteiger partial charge < -0.3 is 0 Å². The monoisotopic (exact) mass is 331 g/mol. The first-order chi connectivity index (χ1) is 9.74. The number of likely N-dealkylation sites (tertiary alicyclic amines) is 1. The van der Waals surface area contributed by atoms with Gasteiger partial charge in [0.1, 0.15) is 0 Å². The summed E-state index contributed by atoms with van der Waals surface area (Å²) in [6.45, 7) is 5.82. The minimum absolute atomic E-state index is 0.655. The van der Waals surface area contributed by atoms with Gasteiger partial charge in [-0.1, -0.05) is 65.3 Å². The molecule has 0 N–H and O–H groups in total. The molecule has 0 spiro atoms. The Kier molecular flexibility index (Phi) is 4.42. The first-order valence-electron chi connectivity index (χ1n) is 7.57. The van der Waals surface area contributed by atoms with Crippen LogP contribution in [0, 0.1) is 5.92 Å². The fourth-order valence-electron chi connectivity index (χ4n) is 3.24. The van der Waals surface area contributed by atoms with E-state index in [0.29, 0.717) is 4.83 Å². The predicted octanol–water partition coefficient (Wildman–Crippen LogP) is 4.84. The van der Waals surface area contributed by atoms with Crippen LogP contribution in [0.4, 0.5) is 0 Å². The second-order valence-electron chi connectivity index (χ2n) is 5.93. The fourth-order valence-corrected chi connectivity index (χ4v) is 3.77. The fraction of sp³-hybridized carbons (Fsp3) is 0.444. The molecule has 20 heavy (non-hydrogen) atoms. The van der Waals surface area contributed by atoms with E-state index in [1.165, 1.54) is 42.3 Å². The van der Waals surface area contributed by atoms with Gasteiger partial charge in [-0.3, -0.25) is 4.90 Å². The van der Waals surface area contributed by atoms with E-state index in [-0.39, 0.29) is 0 Å². The van der Waals surface area contributed by atoms with Crippen molar-refractivity contribution in [2.75, 3.05) is 13.1 Å². The Morgan fingerprint density at radius 2 is 1.80 bits per heavy atom. The Bertz CT molecular complexity index is 565. The van der Waals surface area contributed by atoms with E-state index in [0.717, 1.165) is 12.5 Å². The van der Waals surface area contributed by atoms with Crippen LogP contribution in [-0.4, -0.2) is 22.8 Å². The number of alkyl halides is 1. The average Bonchev–Trinajstić information content (AvgIpc) is 2.48. The molecule has 0 bridgehead atoms. The molecular weight excluding hydrogens is 310 g/mol. The van der Waals surface area contributed by atoms with Gasteiger partial charge in [0.2, 0.25) is 0 Å². The van der Waals surface area contributed by atoms with Crippen LogP contribution in [0.15, 0.2) is 42.5 Å². The van der Waals surface area contributed by atoms with Crippen LogP contribution >= 0.6 is 15.9 Å². The van der Waals surface area contributed by atoms with Gasteiger partial charge in [-0.25, -0.2) is 0 Å². The normalized spacial score (nSPS) is 19.3. The minimum atomic E-state index is 0.655. The molecular formula is C18H22BrN. The quantitative estimate of drug-likeness (QED) is 0.727. The SMILES string of the molecule is CC(Br)C1CCN(Cc2cccc3ccccc23)CC1. The van der Waals surface area contributed by atoms with Crippen molar-refractivity contribution in [1.82, 2.24) is 4.90 Å². The molecule has 1 atom stereocenters. The molecule has 1 aliphatic rings. The smallest absolute Gasteiger partial charge is 0.0239 e. The molecule has 0 amide bonds. The summed E-state index contributed by atoms with van der Waals surface area (Å²) in [6.07, 6.45) is 2.63. The van der Waals surface area contributed by atoms with E-state index >= 15 is 0 Å². The summed E-state index contributed by atoms with van der Waals surface area (Å²) in [7, 11) is 0. The lowest BCUT2D eigenvalue weighted by atomic mass is 9.94. The van der Waals surface area contributed by atoms with Crippen LogP contribution in [-0.2, 0) is 6.54 Å². The van der Waals surface area contributed by atoms with Crippen LogP contribution in [0.3, 0.4) is 0 Å². The van der Waals surface area contributed by atoms with Crippen LogP contribution in [0.2, 0.25) is 0 Å². The summed E-state index contributed by atoms with van der Waals surface area (Å²) in [5.41, 5.74) is 1.47. The molecule has 2 aromatic rings. The molecule has 0 aromatic heterocycles. The standard InChI is InChI=1S/C18H22BrN/c1-14(19)15-9-11-20(12-10-15)13-17-7-4-6-16-5-2-3-8-18(16)17/h2-8,14-15H,9-13H2,1H3. The lowest BCUT2D eigenvalue weighted by Crippen LogP contribution is -2.35. The van der Waals surface area contributed by atoms with Gasteiger partial charge in [0.25, 0.3) is 0 Å². The maximum Gasteiger partial charge on any atom is 0.0239 e. The summed E-state index contributed by atoms with van der Waals surface area (Å²) in [5.74, 6) is 0.846. The first-order valence-corrected chi connectivity index (χ1v) is 8.48. The summed E-state index contributed by atoms with van der Waals surface area (Å²) in [4.78, 5) is 3.26. The van der Waals surface area contributed by atoms with Crippen molar-refractivity contribution in [3.05, 3.63) is 48.0 Å². The third kappa shape index (κ3) is 3.07. The molecule has 1 nitrogen and oxygen atoms in total. The summed E-state index contributed by atoms with van der Waals surface area (Å²) >= 11 is 3.74. The van der Waals surface area contributed by atoms with Crippen molar-refractivity contribution in [2.45, 2.75) is 31.1 Å². The lowest BCUT2D eigenvalue weighted by Gasteiger charge is -2.33. The molecule has 1 heterocycles. The van der Waals surface area contributed by atoms with E-state index < -0.39 is 0 Å². The Labute approximate surface area is 130 Å². The number of hydrogen-bond acceptors (Lipinski definition) is 1. The van der Waals surface area contributed by atoms with E-state index in [2.05, 4.69) is 70.2 Å². The molecule has 0 saturated carbocycles. The zero-order valence-electron chi connectivity index (χ0n) is 12.1. The maximum atomic E-state index is 3.74. The predicted molar refractivity (Wildman–Crippen MR) is 90.3 cm³/mol. The zero-order chi connectivity index (χ0) is 13.9. The van der Waals surface area contributed by atoms with Gasteiger partial charge >= 0.3 is 0 Å². The number of rotatable bonds is 3. The molecule has 2 heteroatoms. The highest BCUT2D eigenvalue weighted by atomic mass is 79.9. The zero-order valence-corrected chi connectivity index (χ0v) is 13.6. The number of hydrogen-bond donors (Lipinski definition) is 0. The molecule has 1 unspecified atom stereocenters. The second kappa shape index (κ2) is 6.28. The molecule has 0 aliphatic carbocycles. The van der Waals surface area contributed by atoms with Crippen LogP contribution < -0.4 is 0 Å². The van der Waals surface area contributed by atoms with Crippen molar-refractivity contribution < 1.29 is 0 Å². The van der Waals surface area contributed by atoms with E-state index in [1.54, 1.807) is 0 Å². The molecule has 1 aliphatic heterocycles. The van der Waals surface area contributed by atoms with E-state index in [1.807, 2.05) is 0 Å². The molecule has 0 radical (unpaired) electrons.